The Kier molecular flexibility index (Phi) is 4.21. The van der Waals surface area contributed by atoms with E-state index < -0.39 is 0 Å². The first-order valence-electron chi connectivity index (χ1n) is 7.62. The van der Waals surface area contributed by atoms with Gasteiger partial charge in [-0.25, -0.2) is 4.98 Å². The Bertz CT molecular complexity index is 873. The van der Waals surface area contributed by atoms with Gasteiger partial charge in [-0.15, -0.1) is 0 Å². The lowest BCUT2D eigenvalue weighted by Gasteiger charge is -2.25. The van der Waals surface area contributed by atoms with Gasteiger partial charge < -0.3 is 0 Å². The van der Waals surface area contributed by atoms with Gasteiger partial charge in [-0.2, -0.15) is 0 Å². The summed E-state index contributed by atoms with van der Waals surface area (Å²) < 4.78 is 1.63. The van der Waals surface area contributed by atoms with Gasteiger partial charge in [0.2, 0.25) is 0 Å². The van der Waals surface area contributed by atoms with Crippen LogP contribution in [0.4, 0.5) is 0 Å². The van der Waals surface area contributed by atoms with Crippen LogP contribution in [0.25, 0.3) is 10.9 Å². The lowest BCUT2D eigenvalue weighted by Crippen LogP contribution is -2.29. The zero-order valence-electron chi connectivity index (χ0n) is 13.6. The third kappa shape index (κ3) is 3.00. The van der Waals surface area contributed by atoms with Crippen molar-refractivity contribution in [3.63, 3.8) is 0 Å². The van der Waals surface area contributed by atoms with Gasteiger partial charge in [-0.3, -0.25) is 19.2 Å². The predicted molar refractivity (Wildman–Crippen MR) is 91.1 cm³/mol. The van der Waals surface area contributed by atoms with Crippen molar-refractivity contribution in [2.24, 2.45) is 7.05 Å². The molecule has 0 aliphatic rings. The SMILES string of the molecule is C[C@H](c1cccnc1)N(C)Cc1nc2ccccc2c(=O)n1C. The number of pyridine rings is 1. The molecule has 0 fully saturated rings. The number of aromatic nitrogens is 3. The van der Waals surface area contributed by atoms with E-state index in [2.05, 4.69) is 27.9 Å². The van der Waals surface area contributed by atoms with Crippen molar-refractivity contribution in [1.82, 2.24) is 19.4 Å². The number of hydrogen-bond acceptors (Lipinski definition) is 4. The minimum absolute atomic E-state index is 0.00645. The maximum atomic E-state index is 12.5. The van der Waals surface area contributed by atoms with Crippen molar-refractivity contribution in [3.8, 4) is 0 Å². The highest BCUT2D eigenvalue weighted by atomic mass is 16.1. The van der Waals surface area contributed by atoms with Crippen LogP contribution in [0.1, 0.15) is 24.4 Å². The lowest BCUT2D eigenvalue weighted by atomic mass is 10.1. The van der Waals surface area contributed by atoms with Crippen molar-refractivity contribution in [2.75, 3.05) is 7.05 Å². The summed E-state index contributed by atoms with van der Waals surface area (Å²) in [5, 5.41) is 0.654. The van der Waals surface area contributed by atoms with Crippen LogP contribution in [0.3, 0.4) is 0 Å². The highest BCUT2D eigenvalue weighted by molar-refractivity contribution is 5.77. The molecule has 1 atom stereocenters. The Morgan fingerprint density at radius 2 is 2.00 bits per heavy atom. The first-order chi connectivity index (χ1) is 11.1. The summed E-state index contributed by atoms with van der Waals surface area (Å²) in [6, 6.07) is 11.6. The largest absolute Gasteiger partial charge is 0.298 e. The lowest BCUT2D eigenvalue weighted by molar-refractivity contribution is 0.243. The Morgan fingerprint density at radius 3 is 2.74 bits per heavy atom. The number of nitrogens with zero attached hydrogens (tertiary/aromatic N) is 4. The molecule has 118 valence electrons. The molecule has 23 heavy (non-hydrogen) atoms. The zero-order chi connectivity index (χ0) is 16.4. The summed E-state index contributed by atoms with van der Waals surface area (Å²) in [4.78, 5) is 23.5. The fourth-order valence-electron chi connectivity index (χ4n) is 2.64. The minimum atomic E-state index is -0.00645. The number of hydrogen-bond donors (Lipinski definition) is 0. The molecule has 0 aliphatic carbocycles. The van der Waals surface area contributed by atoms with Gasteiger partial charge in [0.25, 0.3) is 5.56 Å². The topological polar surface area (TPSA) is 51.0 Å². The Balaban J connectivity index is 1.92. The third-order valence-corrected chi connectivity index (χ3v) is 4.29. The van der Waals surface area contributed by atoms with Crippen LogP contribution in [-0.2, 0) is 13.6 Å². The molecule has 3 rings (SSSR count). The highest BCUT2D eigenvalue weighted by Crippen LogP contribution is 2.19. The first-order valence-corrected chi connectivity index (χ1v) is 7.62. The van der Waals surface area contributed by atoms with Crippen molar-refractivity contribution in [1.29, 1.82) is 0 Å². The molecule has 5 heteroatoms. The second-order valence-corrected chi connectivity index (χ2v) is 5.79. The highest BCUT2D eigenvalue weighted by Gasteiger charge is 2.15. The molecule has 5 nitrogen and oxygen atoms in total. The van der Waals surface area contributed by atoms with E-state index in [1.165, 1.54) is 0 Å². The zero-order valence-corrected chi connectivity index (χ0v) is 13.6. The second kappa shape index (κ2) is 6.30. The van der Waals surface area contributed by atoms with Gasteiger partial charge in [0, 0.05) is 25.5 Å². The van der Waals surface area contributed by atoms with Crippen LogP contribution < -0.4 is 5.56 Å². The van der Waals surface area contributed by atoms with Gasteiger partial charge in [0.1, 0.15) is 5.82 Å². The molecule has 0 amide bonds. The molecular weight excluding hydrogens is 288 g/mol. The van der Waals surface area contributed by atoms with Gasteiger partial charge in [-0.1, -0.05) is 18.2 Å². The molecule has 0 aliphatic heterocycles. The van der Waals surface area contributed by atoms with E-state index in [9.17, 15) is 4.79 Å². The Hall–Kier alpha value is -2.53. The van der Waals surface area contributed by atoms with E-state index >= 15 is 0 Å². The molecule has 2 aromatic heterocycles. The minimum Gasteiger partial charge on any atom is -0.298 e. The van der Waals surface area contributed by atoms with Crippen molar-refractivity contribution < 1.29 is 0 Å². The van der Waals surface area contributed by atoms with Crippen LogP contribution in [0.2, 0.25) is 0 Å². The van der Waals surface area contributed by atoms with Crippen LogP contribution in [-0.4, -0.2) is 26.5 Å². The molecule has 0 bridgehead atoms. The third-order valence-electron chi connectivity index (χ3n) is 4.29. The molecule has 1 aromatic carbocycles. The number of fused-ring (bicyclic) bond motifs is 1. The average Bonchev–Trinajstić information content (AvgIpc) is 2.59. The average molecular weight is 308 g/mol. The van der Waals surface area contributed by atoms with E-state index in [0.717, 1.165) is 16.9 Å². The fourth-order valence-corrected chi connectivity index (χ4v) is 2.64. The summed E-state index contributed by atoms with van der Waals surface area (Å²) in [6.07, 6.45) is 3.64. The molecule has 0 radical (unpaired) electrons. The monoisotopic (exact) mass is 308 g/mol. The Labute approximate surface area is 135 Å². The van der Waals surface area contributed by atoms with E-state index in [4.69, 9.17) is 0 Å². The van der Waals surface area contributed by atoms with Crippen molar-refractivity contribution >= 4 is 10.9 Å². The Morgan fingerprint density at radius 1 is 1.22 bits per heavy atom. The van der Waals surface area contributed by atoms with E-state index in [1.54, 1.807) is 17.8 Å². The van der Waals surface area contributed by atoms with Gasteiger partial charge in [0.15, 0.2) is 0 Å². The maximum Gasteiger partial charge on any atom is 0.261 e. The molecule has 0 saturated carbocycles. The van der Waals surface area contributed by atoms with E-state index in [1.807, 2.05) is 43.6 Å². The molecule has 0 N–H and O–H groups in total. The van der Waals surface area contributed by atoms with Crippen LogP contribution in [0.5, 0.6) is 0 Å². The van der Waals surface area contributed by atoms with Gasteiger partial charge >= 0.3 is 0 Å². The summed E-state index contributed by atoms with van der Waals surface area (Å²) in [5.74, 6) is 0.756. The second-order valence-electron chi connectivity index (χ2n) is 5.79. The first kappa shape index (κ1) is 15.4. The quantitative estimate of drug-likeness (QED) is 0.743. The van der Waals surface area contributed by atoms with Crippen LogP contribution in [0.15, 0.2) is 53.6 Å². The molecule has 3 aromatic rings. The maximum absolute atomic E-state index is 12.5. The molecular formula is C18H20N4O. The van der Waals surface area contributed by atoms with Gasteiger partial charge in [-0.05, 0) is 37.7 Å². The molecule has 0 spiro atoms. The summed E-state index contributed by atoms with van der Waals surface area (Å²) in [5.41, 5.74) is 1.88. The van der Waals surface area contributed by atoms with Crippen LogP contribution in [0, 0.1) is 0 Å². The number of para-hydroxylation sites is 1. The van der Waals surface area contributed by atoms with Crippen molar-refractivity contribution in [2.45, 2.75) is 19.5 Å². The number of rotatable bonds is 4. The molecule has 0 unspecified atom stereocenters. The fraction of sp³-hybridized carbons (Fsp3) is 0.278. The summed E-state index contributed by atoms with van der Waals surface area (Å²) in [6.45, 7) is 2.71. The van der Waals surface area contributed by atoms with Crippen molar-refractivity contribution in [3.05, 3.63) is 70.5 Å². The smallest absolute Gasteiger partial charge is 0.261 e. The molecule has 2 heterocycles. The summed E-state index contributed by atoms with van der Waals surface area (Å²) >= 11 is 0. The van der Waals surface area contributed by atoms with Crippen LogP contribution >= 0.6 is 0 Å². The van der Waals surface area contributed by atoms with E-state index in [-0.39, 0.29) is 11.6 Å². The normalized spacial score (nSPS) is 12.7. The number of benzene rings is 1. The van der Waals surface area contributed by atoms with E-state index in [0.29, 0.717) is 11.9 Å². The van der Waals surface area contributed by atoms with Gasteiger partial charge in [0.05, 0.1) is 17.4 Å². The predicted octanol–water partition coefficient (Wildman–Crippen LogP) is 2.52. The standard InChI is InChI=1S/C18H20N4O/c1-13(14-7-6-10-19-11-14)21(2)12-17-20-16-9-5-4-8-15(16)18(23)22(17)3/h4-11,13H,12H2,1-3H3/t13-/m1/s1. The summed E-state index contributed by atoms with van der Waals surface area (Å²) in [7, 11) is 3.80. The molecule has 0 saturated heterocycles.